The maximum absolute atomic E-state index is 13.1. The van der Waals surface area contributed by atoms with Crippen molar-refractivity contribution in [3.8, 4) is 0 Å². The monoisotopic (exact) mass is 443 g/mol. The van der Waals surface area contributed by atoms with Crippen LogP contribution in [0, 0.1) is 6.92 Å². The van der Waals surface area contributed by atoms with Gasteiger partial charge < -0.3 is 9.84 Å². The molecule has 0 unspecified atom stereocenters. The number of carboxylic acids is 1. The summed E-state index contributed by atoms with van der Waals surface area (Å²) in [7, 11) is 0. The van der Waals surface area contributed by atoms with Crippen LogP contribution in [-0.4, -0.2) is 51.8 Å². The largest absolute Gasteiger partial charge is 0.478 e. The number of likely N-dealkylation sites (tertiary alicyclic amines) is 1. The molecular formula is C23H29N3O4S. The maximum atomic E-state index is 13.1. The highest BCUT2D eigenvalue weighted by Gasteiger charge is 2.35. The lowest BCUT2D eigenvalue weighted by Gasteiger charge is -2.31. The number of hydrogen-bond acceptors (Lipinski definition) is 6. The zero-order valence-electron chi connectivity index (χ0n) is 18.4. The fraction of sp³-hybridized carbons (Fsp3) is 0.435. The van der Waals surface area contributed by atoms with Crippen LogP contribution in [0.4, 0.5) is 10.6 Å². The number of hydrogen-bond donors (Lipinski definition) is 1. The molecule has 1 N–H and O–H groups in total. The second kappa shape index (κ2) is 9.62. The van der Waals surface area contributed by atoms with Gasteiger partial charge in [-0.2, -0.15) is 0 Å². The number of pyridine rings is 1. The molecule has 0 spiro atoms. The minimum Gasteiger partial charge on any atom is -0.478 e. The number of aryl methyl sites for hydroxylation is 1. The van der Waals surface area contributed by atoms with Crippen LogP contribution in [0.5, 0.6) is 0 Å². The third kappa shape index (κ3) is 6.63. The summed E-state index contributed by atoms with van der Waals surface area (Å²) in [5.41, 5.74) is 0.0307. The predicted octanol–water partition coefficient (Wildman–Crippen LogP) is 4.57. The van der Waals surface area contributed by atoms with Gasteiger partial charge in [0.25, 0.3) is 0 Å². The van der Waals surface area contributed by atoms with Gasteiger partial charge in [-0.3, -0.25) is 9.80 Å². The van der Waals surface area contributed by atoms with Gasteiger partial charge in [-0.15, -0.1) is 11.3 Å². The molecule has 3 rings (SSSR count). The van der Waals surface area contributed by atoms with Gasteiger partial charge in [0.1, 0.15) is 11.4 Å². The first kappa shape index (κ1) is 23.0. The molecule has 1 atom stereocenters. The van der Waals surface area contributed by atoms with Gasteiger partial charge in [-0.25, -0.2) is 14.6 Å². The van der Waals surface area contributed by atoms with Gasteiger partial charge in [0.05, 0.1) is 6.04 Å². The van der Waals surface area contributed by atoms with Gasteiger partial charge in [0, 0.05) is 41.7 Å². The molecule has 1 amide bonds. The van der Waals surface area contributed by atoms with Crippen molar-refractivity contribution in [2.24, 2.45) is 0 Å². The molecule has 0 bridgehead atoms. The smallest absolute Gasteiger partial charge is 0.416 e. The third-order valence-electron chi connectivity index (χ3n) is 4.81. The number of thiophene rings is 1. The van der Waals surface area contributed by atoms with E-state index < -0.39 is 17.7 Å². The highest BCUT2D eigenvalue weighted by atomic mass is 32.1. The lowest BCUT2D eigenvalue weighted by Crippen LogP contribution is -2.45. The van der Waals surface area contributed by atoms with Crippen molar-refractivity contribution in [1.82, 2.24) is 9.88 Å². The molecular weight excluding hydrogens is 414 g/mol. The van der Waals surface area contributed by atoms with E-state index in [4.69, 9.17) is 9.84 Å². The normalized spacial score (nSPS) is 17.2. The minimum atomic E-state index is -1.02. The molecule has 166 valence electrons. The highest BCUT2D eigenvalue weighted by molar-refractivity contribution is 7.11. The first-order chi connectivity index (χ1) is 14.6. The van der Waals surface area contributed by atoms with Gasteiger partial charge in [0.15, 0.2) is 0 Å². The van der Waals surface area contributed by atoms with Crippen LogP contribution < -0.4 is 4.90 Å². The number of rotatable bonds is 6. The fourth-order valence-corrected chi connectivity index (χ4v) is 4.44. The van der Waals surface area contributed by atoms with E-state index in [0.29, 0.717) is 11.4 Å². The van der Waals surface area contributed by atoms with Crippen LogP contribution in [0.15, 0.2) is 36.5 Å². The second-order valence-corrected chi connectivity index (χ2v) is 10.0. The standard InChI is InChI=1S/C23H29N3O4S/c1-16-5-8-19(31-16)15-25-12-11-18(14-25)26(22(29)30-23(2,3)4)20-9-6-17(13-24-20)7-10-21(27)28/h5-10,13,18H,11-12,14-15H2,1-4H3,(H,27,28)/b10-7+/t18-/m1/s1. The summed E-state index contributed by atoms with van der Waals surface area (Å²) in [5, 5.41) is 8.79. The lowest BCUT2D eigenvalue weighted by molar-refractivity contribution is -0.131. The molecule has 31 heavy (non-hydrogen) atoms. The first-order valence-corrected chi connectivity index (χ1v) is 11.1. The number of aromatic nitrogens is 1. The summed E-state index contributed by atoms with van der Waals surface area (Å²) in [6, 6.07) is 7.72. The molecule has 7 nitrogen and oxygen atoms in total. The van der Waals surface area contributed by atoms with E-state index >= 15 is 0 Å². The van der Waals surface area contributed by atoms with E-state index in [1.165, 1.54) is 15.8 Å². The maximum Gasteiger partial charge on any atom is 0.416 e. The van der Waals surface area contributed by atoms with Gasteiger partial charge in [-0.1, -0.05) is 0 Å². The Bertz CT molecular complexity index is 946. The molecule has 1 saturated heterocycles. The van der Waals surface area contributed by atoms with Crippen molar-refractivity contribution in [2.45, 2.75) is 52.3 Å². The molecule has 0 aromatic carbocycles. The third-order valence-corrected chi connectivity index (χ3v) is 5.80. The molecule has 0 saturated carbocycles. The Morgan fingerprint density at radius 1 is 1.32 bits per heavy atom. The average molecular weight is 444 g/mol. The van der Waals surface area contributed by atoms with Crippen molar-refractivity contribution < 1.29 is 19.4 Å². The fourth-order valence-electron chi connectivity index (χ4n) is 3.50. The predicted molar refractivity (Wildman–Crippen MR) is 122 cm³/mol. The summed E-state index contributed by atoms with van der Waals surface area (Å²) >= 11 is 1.80. The number of nitrogens with zero attached hydrogens (tertiary/aromatic N) is 3. The number of aliphatic carboxylic acids is 1. The number of carbonyl (C=O) groups excluding carboxylic acids is 1. The number of amides is 1. The molecule has 0 radical (unpaired) electrons. The Kier molecular flexibility index (Phi) is 7.12. The summed E-state index contributed by atoms with van der Waals surface area (Å²) in [6.07, 6.45) is 4.49. The molecule has 8 heteroatoms. The quantitative estimate of drug-likeness (QED) is 0.659. The van der Waals surface area contributed by atoms with Crippen LogP contribution >= 0.6 is 11.3 Å². The van der Waals surface area contributed by atoms with E-state index in [2.05, 4.69) is 28.9 Å². The minimum absolute atomic E-state index is 0.0520. The first-order valence-electron chi connectivity index (χ1n) is 10.3. The van der Waals surface area contributed by atoms with E-state index in [1.54, 1.807) is 34.6 Å². The number of carbonyl (C=O) groups is 2. The van der Waals surface area contributed by atoms with Crippen molar-refractivity contribution in [3.63, 3.8) is 0 Å². The van der Waals surface area contributed by atoms with Crippen LogP contribution in [0.1, 0.15) is 42.5 Å². The van der Waals surface area contributed by atoms with E-state index in [9.17, 15) is 9.59 Å². The molecule has 1 aliphatic heterocycles. The zero-order chi connectivity index (χ0) is 22.6. The summed E-state index contributed by atoms with van der Waals surface area (Å²) in [6.45, 7) is 10.1. The number of anilines is 1. The molecule has 2 aromatic heterocycles. The second-order valence-electron chi connectivity index (χ2n) is 8.66. The van der Waals surface area contributed by atoms with Crippen LogP contribution in [-0.2, 0) is 16.1 Å². The van der Waals surface area contributed by atoms with Crippen LogP contribution in [0.3, 0.4) is 0 Å². The summed E-state index contributed by atoms with van der Waals surface area (Å²) in [5.74, 6) is -0.521. The lowest BCUT2D eigenvalue weighted by atomic mass is 10.2. The summed E-state index contributed by atoms with van der Waals surface area (Å²) in [4.78, 5) is 34.8. The molecule has 2 aromatic rings. The highest BCUT2D eigenvalue weighted by Crippen LogP contribution is 2.27. The van der Waals surface area contributed by atoms with Crippen molar-refractivity contribution in [1.29, 1.82) is 0 Å². The topological polar surface area (TPSA) is 83.0 Å². The molecule has 1 fully saturated rings. The number of ether oxygens (including phenoxy) is 1. The Labute approximate surface area is 187 Å². The zero-order valence-corrected chi connectivity index (χ0v) is 19.2. The molecule has 0 aliphatic carbocycles. The van der Waals surface area contributed by atoms with Crippen LogP contribution in [0.2, 0.25) is 0 Å². The van der Waals surface area contributed by atoms with E-state index in [-0.39, 0.29) is 6.04 Å². The Morgan fingerprint density at radius 2 is 2.10 bits per heavy atom. The van der Waals surface area contributed by atoms with Crippen molar-refractivity contribution in [2.75, 3.05) is 18.0 Å². The van der Waals surface area contributed by atoms with Gasteiger partial charge in [-0.05, 0) is 70.0 Å². The number of carboxylic acid groups (broad SMARTS) is 1. The van der Waals surface area contributed by atoms with Crippen molar-refractivity contribution in [3.05, 3.63) is 51.9 Å². The van der Waals surface area contributed by atoms with Crippen LogP contribution in [0.25, 0.3) is 6.08 Å². The molecule has 3 heterocycles. The Hall–Kier alpha value is -2.71. The SMILES string of the molecule is Cc1ccc(CN2CC[C@@H](N(C(=O)OC(C)(C)C)c3ccc(/C=C/C(=O)O)cn3)C2)s1. The Morgan fingerprint density at radius 3 is 2.68 bits per heavy atom. The van der Waals surface area contributed by atoms with Gasteiger partial charge in [0.2, 0.25) is 0 Å². The van der Waals surface area contributed by atoms with Crippen molar-refractivity contribution >= 4 is 35.3 Å². The van der Waals surface area contributed by atoms with E-state index in [1.807, 2.05) is 20.8 Å². The van der Waals surface area contributed by atoms with E-state index in [0.717, 1.165) is 32.1 Å². The van der Waals surface area contributed by atoms with Gasteiger partial charge >= 0.3 is 12.1 Å². The summed E-state index contributed by atoms with van der Waals surface area (Å²) < 4.78 is 5.67. The average Bonchev–Trinajstić information content (AvgIpc) is 3.29. The Balaban J connectivity index is 1.78. The molecule has 1 aliphatic rings.